The highest BCUT2D eigenvalue weighted by molar-refractivity contribution is 4.75. The molecule has 15 heavy (non-hydrogen) atoms. The Morgan fingerprint density at radius 2 is 2.20 bits per heavy atom. The molecular formula is C12H26N2O. The van der Waals surface area contributed by atoms with Crippen molar-refractivity contribution in [3.8, 4) is 0 Å². The van der Waals surface area contributed by atoms with Crippen molar-refractivity contribution < 1.29 is 4.74 Å². The number of hydrogen-bond acceptors (Lipinski definition) is 3. The fourth-order valence-electron chi connectivity index (χ4n) is 1.92. The Bertz CT molecular complexity index is 163. The maximum atomic E-state index is 6.08. The molecule has 1 rings (SSSR count). The highest BCUT2D eigenvalue weighted by Crippen LogP contribution is 2.13. The van der Waals surface area contributed by atoms with Gasteiger partial charge in [0.05, 0.1) is 6.10 Å². The summed E-state index contributed by atoms with van der Waals surface area (Å²) in [6.45, 7) is 10.6. The Balaban J connectivity index is 2.28. The second-order valence-electron chi connectivity index (χ2n) is 4.90. The standard InChI is InChI=1S/C12H26N2O/c1-4-14(9-12(13)10(2)3)8-11-6-5-7-15-11/h10-12H,4-9,13H2,1-3H3. The van der Waals surface area contributed by atoms with E-state index in [4.69, 9.17) is 10.5 Å². The van der Waals surface area contributed by atoms with Crippen LogP contribution in [0.5, 0.6) is 0 Å². The first kappa shape index (κ1) is 12.9. The highest BCUT2D eigenvalue weighted by atomic mass is 16.5. The fraction of sp³-hybridized carbons (Fsp3) is 1.00. The summed E-state index contributed by atoms with van der Waals surface area (Å²) in [7, 11) is 0. The average Bonchev–Trinajstić information content (AvgIpc) is 2.69. The minimum Gasteiger partial charge on any atom is -0.377 e. The van der Waals surface area contributed by atoms with E-state index < -0.39 is 0 Å². The van der Waals surface area contributed by atoms with E-state index in [1.165, 1.54) is 12.8 Å². The normalized spacial score (nSPS) is 24.0. The molecule has 2 unspecified atom stereocenters. The highest BCUT2D eigenvalue weighted by Gasteiger charge is 2.20. The predicted octanol–water partition coefficient (Wildman–Crippen LogP) is 1.47. The van der Waals surface area contributed by atoms with Gasteiger partial charge in [-0.3, -0.25) is 4.90 Å². The smallest absolute Gasteiger partial charge is 0.0702 e. The minimum atomic E-state index is 0.284. The van der Waals surface area contributed by atoms with Gasteiger partial charge in [-0.1, -0.05) is 20.8 Å². The van der Waals surface area contributed by atoms with Gasteiger partial charge in [0, 0.05) is 25.7 Å². The van der Waals surface area contributed by atoms with Crippen molar-refractivity contribution in [1.29, 1.82) is 0 Å². The Hall–Kier alpha value is -0.120. The van der Waals surface area contributed by atoms with Crippen molar-refractivity contribution in [2.75, 3.05) is 26.2 Å². The van der Waals surface area contributed by atoms with Crippen molar-refractivity contribution in [2.45, 2.75) is 45.8 Å². The molecule has 1 aliphatic rings. The Kier molecular flexibility index (Phi) is 5.58. The van der Waals surface area contributed by atoms with Gasteiger partial charge in [-0.15, -0.1) is 0 Å². The molecule has 0 aromatic rings. The molecule has 1 heterocycles. The van der Waals surface area contributed by atoms with Crippen molar-refractivity contribution in [3.05, 3.63) is 0 Å². The van der Waals surface area contributed by atoms with Crippen molar-refractivity contribution in [1.82, 2.24) is 4.90 Å². The van der Waals surface area contributed by atoms with Crippen LogP contribution in [-0.4, -0.2) is 43.3 Å². The van der Waals surface area contributed by atoms with Crippen LogP contribution in [0, 0.1) is 5.92 Å². The number of hydrogen-bond donors (Lipinski definition) is 1. The third-order valence-electron chi connectivity index (χ3n) is 3.26. The monoisotopic (exact) mass is 214 g/mol. The number of ether oxygens (including phenoxy) is 1. The maximum Gasteiger partial charge on any atom is 0.0702 e. The van der Waals surface area contributed by atoms with E-state index >= 15 is 0 Å². The van der Waals surface area contributed by atoms with E-state index in [1.807, 2.05) is 0 Å². The van der Waals surface area contributed by atoms with Crippen molar-refractivity contribution >= 4 is 0 Å². The zero-order valence-electron chi connectivity index (χ0n) is 10.4. The third-order valence-corrected chi connectivity index (χ3v) is 3.26. The minimum absolute atomic E-state index is 0.284. The van der Waals surface area contributed by atoms with E-state index in [1.54, 1.807) is 0 Å². The van der Waals surface area contributed by atoms with Gasteiger partial charge in [-0.25, -0.2) is 0 Å². The summed E-state index contributed by atoms with van der Waals surface area (Å²) in [6, 6.07) is 0.284. The molecule has 0 spiro atoms. The van der Waals surface area contributed by atoms with Crippen molar-refractivity contribution in [2.24, 2.45) is 11.7 Å². The topological polar surface area (TPSA) is 38.5 Å². The van der Waals surface area contributed by atoms with Crippen LogP contribution in [0.25, 0.3) is 0 Å². The Labute approximate surface area is 94.0 Å². The lowest BCUT2D eigenvalue weighted by Gasteiger charge is -2.28. The molecule has 1 aliphatic heterocycles. The van der Waals surface area contributed by atoms with Crippen LogP contribution in [0.2, 0.25) is 0 Å². The zero-order chi connectivity index (χ0) is 11.3. The number of likely N-dealkylation sites (N-methyl/N-ethyl adjacent to an activating group) is 1. The summed E-state index contributed by atoms with van der Waals surface area (Å²) >= 11 is 0. The summed E-state index contributed by atoms with van der Waals surface area (Å²) in [5.41, 5.74) is 6.08. The molecule has 1 saturated heterocycles. The van der Waals surface area contributed by atoms with Gasteiger partial charge in [0.15, 0.2) is 0 Å². The molecule has 0 aromatic carbocycles. The average molecular weight is 214 g/mol. The number of nitrogens with zero attached hydrogens (tertiary/aromatic N) is 1. The SMILES string of the molecule is CCN(CC1CCCO1)CC(N)C(C)C. The molecule has 1 fully saturated rings. The first-order valence-electron chi connectivity index (χ1n) is 6.23. The lowest BCUT2D eigenvalue weighted by Crippen LogP contribution is -2.43. The molecule has 0 amide bonds. The second kappa shape index (κ2) is 6.46. The van der Waals surface area contributed by atoms with Crippen LogP contribution in [0.3, 0.4) is 0 Å². The molecule has 0 aliphatic carbocycles. The first-order chi connectivity index (χ1) is 7.13. The van der Waals surface area contributed by atoms with Gasteiger partial charge >= 0.3 is 0 Å². The van der Waals surface area contributed by atoms with Crippen LogP contribution in [0.4, 0.5) is 0 Å². The zero-order valence-corrected chi connectivity index (χ0v) is 10.4. The van der Waals surface area contributed by atoms with E-state index in [-0.39, 0.29) is 6.04 Å². The van der Waals surface area contributed by atoms with Gasteiger partial charge in [0.1, 0.15) is 0 Å². The molecule has 3 heteroatoms. The van der Waals surface area contributed by atoms with Crippen molar-refractivity contribution in [3.63, 3.8) is 0 Å². The molecule has 2 N–H and O–H groups in total. The lowest BCUT2D eigenvalue weighted by molar-refractivity contribution is 0.0713. The first-order valence-corrected chi connectivity index (χ1v) is 6.23. The number of nitrogens with two attached hydrogens (primary N) is 1. The van der Waals surface area contributed by atoms with Crippen LogP contribution < -0.4 is 5.73 Å². The maximum absolute atomic E-state index is 6.08. The molecule has 90 valence electrons. The molecule has 0 saturated carbocycles. The van der Waals surface area contributed by atoms with E-state index in [0.29, 0.717) is 12.0 Å². The lowest BCUT2D eigenvalue weighted by atomic mass is 10.0. The molecule has 3 nitrogen and oxygen atoms in total. The van der Waals surface area contributed by atoms with Gasteiger partial charge in [0.25, 0.3) is 0 Å². The molecule has 0 aromatic heterocycles. The molecular weight excluding hydrogens is 188 g/mol. The predicted molar refractivity (Wildman–Crippen MR) is 63.9 cm³/mol. The Morgan fingerprint density at radius 3 is 2.67 bits per heavy atom. The van der Waals surface area contributed by atoms with E-state index in [9.17, 15) is 0 Å². The molecule has 0 bridgehead atoms. The van der Waals surface area contributed by atoms with Gasteiger partial charge in [-0.2, -0.15) is 0 Å². The van der Waals surface area contributed by atoms with Crippen LogP contribution >= 0.6 is 0 Å². The van der Waals surface area contributed by atoms with Gasteiger partial charge in [0.2, 0.25) is 0 Å². The second-order valence-corrected chi connectivity index (χ2v) is 4.90. The summed E-state index contributed by atoms with van der Waals surface area (Å²) in [5.74, 6) is 0.559. The summed E-state index contributed by atoms with van der Waals surface area (Å²) in [4.78, 5) is 2.42. The fourth-order valence-corrected chi connectivity index (χ4v) is 1.92. The summed E-state index contributed by atoms with van der Waals surface area (Å²) in [6.07, 6.45) is 2.88. The summed E-state index contributed by atoms with van der Waals surface area (Å²) < 4.78 is 5.64. The largest absolute Gasteiger partial charge is 0.377 e. The number of rotatable bonds is 6. The van der Waals surface area contributed by atoms with Gasteiger partial charge < -0.3 is 10.5 Å². The van der Waals surface area contributed by atoms with Gasteiger partial charge in [-0.05, 0) is 25.3 Å². The molecule has 2 atom stereocenters. The summed E-state index contributed by atoms with van der Waals surface area (Å²) in [5, 5.41) is 0. The quantitative estimate of drug-likeness (QED) is 0.727. The van der Waals surface area contributed by atoms with Crippen LogP contribution in [-0.2, 0) is 4.74 Å². The van der Waals surface area contributed by atoms with E-state index in [2.05, 4.69) is 25.7 Å². The van der Waals surface area contributed by atoms with E-state index in [0.717, 1.165) is 26.2 Å². The third kappa shape index (κ3) is 4.49. The van der Waals surface area contributed by atoms with Crippen LogP contribution in [0.15, 0.2) is 0 Å². The van der Waals surface area contributed by atoms with Crippen LogP contribution in [0.1, 0.15) is 33.6 Å². The molecule has 0 radical (unpaired) electrons. The Morgan fingerprint density at radius 1 is 1.47 bits per heavy atom.